The van der Waals surface area contributed by atoms with Gasteiger partial charge >= 0.3 is 11.9 Å². The van der Waals surface area contributed by atoms with Crippen molar-refractivity contribution in [2.45, 2.75) is 38.8 Å². The maximum atomic E-state index is 12.1. The van der Waals surface area contributed by atoms with Crippen LogP contribution in [0.3, 0.4) is 0 Å². The second-order valence-corrected chi connectivity index (χ2v) is 11.9. The number of anilines is 2. The quantitative estimate of drug-likeness (QED) is 0.239. The van der Waals surface area contributed by atoms with Crippen molar-refractivity contribution in [3.05, 3.63) is 49.2 Å². The molecule has 0 aliphatic rings. The van der Waals surface area contributed by atoms with Crippen LogP contribution in [0.4, 0.5) is 11.9 Å². The zero-order valence-electron chi connectivity index (χ0n) is 27.6. The predicted octanol–water partition coefficient (Wildman–Crippen LogP) is 2.45. The molecule has 0 amide bonds. The van der Waals surface area contributed by atoms with Gasteiger partial charge in [0.2, 0.25) is 23.5 Å². The van der Waals surface area contributed by atoms with Crippen LogP contribution in [0.5, 0.6) is 0 Å². The first-order valence-corrected chi connectivity index (χ1v) is 14.9. The number of hydrogen-bond acceptors (Lipinski definition) is 16. The molecule has 0 aliphatic heterocycles. The van der Waals surface area contributed by atoms with Crippen molar-refractivity contribution >= 4 is 57.2 Å². The Morgan fingerprint density at radius 3 is 1.80 bits per heavy atom. The number of hydrogen-bond donors (Lipinski definition) is 2. The van der Waals surface area contributed by atoms with E-state index in [0.717, 1.165) is 0 Å². The van der Waals surface area contributed by atoms with Crippen LogP contribution in [0.15, 0.2) is 58.0 Å². The van der Waals surface area contributed by atoms with Gasteiger partial charge in [0, 0.05) is 6.20 Å². The Morgan fingerprint density at radius 1 is 0.720 bits per heavy atom. The van der Waals surface area contributed by atoms with Gasteiger partial charge in [-0.1, -0.05) is 0 Å². The summed E-state index contributed by atoms with van der Waals surface area (Å²) in [5, 5.41) is 18.5. The third kappa shape index (κ3) is 4.91. The summed E-state index contributed by atoms with van der Waals surface area (Å²) in [4.78, 5) is 41.7. The number of nitrogen functional groups attached to an aromatic ring is 2. The van der Waals surface area contributed by atoms with Gasteiger partial charge in [0.25, 0.3) is 0 Å². The number of carbonyl (C=O) groups is 2. The minimum absolute atomic E-state index is 0.121. The molecule has 0 aromatic carbocycles. The van der Waals surface area contributed by atoms with E-state index in [1.807, 2.05) is 0 Å². The van der Waals surface area contributed by atoms with E-state index in [2.05, 4.69) is 40.3 Å². The molecule has 8 rings (SSSR count). The molecule has 0 radical (unpaired) electrons. The zero-order valence-corrected chi connectivity index (χ0v) is 27.6. The number of furan rings is 2. The molecule has 20 nitrogen and oxygen atoms in total. The Hall–Kier alpha value is -6.86. The number of fused-ring (bicyclic) bond motifs is 6. The molecule has 0 saturated heterocycles. The number of rotatable bonds is 6. The monoisotopic (exact) mass is 682 g/mol. The molecule has 0 atom stereocenters. The van der Waals surface area contributed by atoms with Crippen LogP contribution in [0.2, 0.25) is 0 Å². The number of esters is 2. The number of aromatic nitrogens is 12. The third-order valence-electron chi connectivity index (χ3n) is 7.96. The van der Waals surface area contributed by atoms with Gasteiger partial charge < -0.3 is 29.8 Å². The van der Waals surface area contributed by atoms with Gasteiger partial charge in [-0.25, -0.2) is 24.2 Å². The van der Waals surface area contributed by atoms with Crippen molar-refractivity contribution in [3.8, 4) is 23.2 Å². The van der Waals surface area contributed by atoms with Gasteiger partial charge in [-0.2, -0.15) is 29.2 Å². The Balaban J connectivity index is 0.000000157. The smallest absolute Gasteiger partial charge is 0.333 e. The SMILES string of the molecule is COC(=O)C(C)(C)n1cc2c(nc(N)n3nc(-c4ccco4)nc23)n1.COC(=O)C(C)(C)n1ncc2c1nc(N)n1nc(-c3ccco3)nc21. The molecule has 0 saturated carbocycles. The lowest BCUT2D eigenvalue weighted by Gasteiger charge is -2.22. The van der Waals surface area contributed by atoms with Crippen LogP contribution in [0.1, 0.15) is 27.7 Å². The molecule has 50 heavy (non-hydrogen) atoms. The third-order valence-corrected chi connectivity index (χ3v) is 7.96. The Labute approximate surface area is 280 Å². The molecule has 0 unspecified atom stereocenters. The minimum Gasteiger partial charge on any atom is -0.467 e. The number of nitrogens with two attached hydrogens (primary N) is 2. The van der Waals surface area contributed by atoms with Crippen LogP contribution < -0.4 is 11.5 Å². The summed E-state index contributed by atoms with van der Waals surface area (Å²) in [5.74, 6) is 1.16. The fourth-order valence-corrected chi connectivity index (χ4v) is 5.21. The molecule has 8 heterocycles. The van der Waals surface area contributed by atoms with E-state index >= 15 is 0 Å². The fraction of sp³-hybridized carbons (Fsp3) is 0.267. The predicted molar refractivity (Wildman–Crippen MR) is 175 cm³/mol. The molecule has 0 spiro atoms. The Morgan fingerprint density at radius 2 is 1.26 bits per heavy atom. The highest BCUT2D eigenvalue weighted by Gasteiger charge is 2.35. The van der Waals surface area contributed by atoms with Crippen LogP contribution in [0.25, 0.3) is 56.5 Å². The lowest BCUT2D eigenvalue weighted by Crippen LogP contribution is -2.37. The summed E-state index contributed by atoms with van der Waals surface area (Å²) >= 11 is 0. The van der Waals surface area contributed by atoms with E-state index in [-0.39, 0.29) is 11.9 Å². The van der Waals surface area contributed by atoms with Crippen molar-refractivity contribution < 1.29 is 27.9 Å². The maximum absolute atomic E-state index is 12.1. The lowest BCUT2D eigenvalue weighted by atomic mass is 10.1. The summed E-state index contributed by atoms with van der Waals surface area (Å²) in [6.45, 7) is 6.77. The van der Waals surface area contributed by atoms with Gasteiger partial charge in [0.05, 0.1) is 43.7 Å². The Bertz CT molecular complexity index is 2460. The van der Waals surface area contributed by atoms with Crippen molar-refractivity contribution in [2.24, 2.45) is 0 Å². The first-order chi connectivity index (χ1) is 23.8. The topological polar surface area (TPSA) is 253 Å². The Kier molecular flexibility index (Phi) is 7.23. The molecule has 20 heteroatoms. The van der Waals surface area contributed by atoms with E-state index in [4.69, 9.17) is 29.8 Å². The first-order valence-electron chi connectivity index (χ1n) is 14.9. The van der Waals surface area contributed by atoms with E-state index in [9.17, 15) is 9.59 Å². The van der Waals surface area contributed by atoms with Gasteiger partial charge in [-0.3, -0.25) is 4.68 Å². The van der Waals surface area contributed by atoms with E-state index in [1.54, 1.807) is 64.4 Å². The van der Waals surface area contributed by atoms with Crippen molar-refractivity contribution in [1.82, 2.24) is 58.7 Å². The average molecular weight is 683 g/mol. The van der Waals surface area contributed by atoms with Crippen LogP contribution in [0, 0.1) is 0 Å². The molecule has 8 aromatic heterocycles. The molecule has 0 fully saturated rings. The second kappa shape index (κ2) is 11.4. The standard InChI is InChI=1S/2C15H15N7O3/c1-15(2,13(23)24-3)22-12-8(7-17-22)11-18-10(9-5-4-6-25-9)20-21(11)14(16)19-12;1-15(2,13(23)24-3)21-7-8-10(19-21)18-14(16)22-12(8)17-11(20-22)9-5-4-6-25-9/h4-7H,1-3H3,(H2,16,19);4-7H,1-3H3,(H2,16,18,19). The zero-order chi connectivity index (χ0) is 35.5. The lowest BCUT2D eigenvalue weighted by molar-refractivity contribution is -0.150. The average Bonchev–Trinajstić information content (AvgIpc) is 3.92. The van der Waals surface area contributed by atoms with E-state index in [0.29, 0.717) is 56.5 Å². The molecule has 0 aliphatic carbocycles. The molecule has 4 N–H and O–H groups in total. The molecule has 0 bridgehead atoms. The van der Waals surface area contributed by atoms with Crippen molar-refractivity contribution in [2.75, 3.05) is 25.7 Å². The van der Waals surface area contributed by atoms with Crippen molar-refractivity contribution in [1.29, 1.82) is 0 Å². The van der Waals surface area contributed by atoms with Crippen LogP contribution in [-0.4, -0.2) is 84.9 Å². The molecule has 8 aromatic rings. The summed E-state index contributed by atoms with van der Waals surface area (Å²) in [6.07, 6.45) is 6.32. The number of ether oxygens (including phenoxy) is 2. The van der Waals surface area contributed by atoms with E-state index < -0.39 is 23.0 Å². The van der Waals surface area contributed by atoms with Gasteiger partial charge in [-0.15, -0.1) is 10.2 Å². The van der Waals surface area contributed by atoms with Crippen molar-refractivity contribution in [3.63, 3.8) is 0 Å². The highest BCUT2D eigenvalue weighted by molar-refractivity contribution is 5.92. The minimum atomic E-state index is -1.06. The number of methoxy groups -OCH3 is 2. The summed E-state index contributed by atoms with van der Waals surface area (Å²) in [5.41, 5.74) is 11.7. The van der Waals surface area contributed by atoms with Gasteiger partial charge in [-0.05, 0) is 52.0 Å². The molecular formula is C30H30N14O6. The first kappa shape index (κ1) is 31.7. The molecule has 256 valence electrons. The van der Waals surface area contributed by atoms with E-state index in [1.165, 1.54) is 45.1 Å². The summed E-state index contributed by atoms with van der Waals surface area (Å²) in [6, 6.07) is 6.99. The fourth-order valence-electron chi connectivity index (χ4n) is 5.21. The number of carbonyl (C=O) groups excluding carboxylic acids is 2. The highest BCUT2D eigenvalue weighted by Crippen LogP contribution is 2.28. The summed E-state index contributed by atoms with van der Waals surface area (Å²) in [7, 11) is 2.65. The second-order valence-electron chi connectivity index (χ2n) is 11.9. The molecular weight excluding hydrogens is 652 g/mol. The largest absolute Gasteiger partial charge is 0.467 e. The van der Waals surface area contributed by atoms with Crippen LogP contribution in [-0.2, 0) is 30.1 Å². The normalized spacial score (nSPS) is 12.1. The highest BCUT2D eigenvalue weighted by atomic mass is 16.5. The summed E-state index contributed by atoms with van der Waals surface area (Å²) < 4.78 is 26.1. The maximum Gasteiger partial charge on any atom is 0.333 e. The number of nitrogens with zero attached hydrogens (tertiary/aromatic N) is 12. The van der Waals surface area contributed by atoms with Crippen LogP contribution >= 0.6 is 0 Å². The van der Waals surface area contributed by atoms with Gasteiger partial charge in [0.1, 0.15) is 0 Å². The van der Waals surface area contributed by atoms with Gasteiger partial charge in [0.15, 0.2) is 45.2 Å².